The zero-order valence-corrected chi connectivity index (χ0v) is 12.3. The topological polar surface area (TPSA) is 60.9 Å². The average Bonchev–Trinajstić information content (AvgIpc) is 2.71. The molecule has 1 atom stereocenters. The number of carbonyl (C=O) groups excluding carboxylic acids is 2. The van der Waals surface area contributed by atoms with Gasteiger partial charge in [-0.25, -0.2) is 0 Å². The van der Waals surface area contributed by atoms with E-state index in [0.717, 1.165) is 16.8 Å². The number of rotatable bonds is 4. The van der Waals surface area contributed by atoms with Crippen LogP contribution in [0.1, 0.15) is 15.9 Å². The molecule has 1 aromatic rings. The van der Waals surface area contributed by atoms with Gasteiger partial charge in [0.05, 0.1) is 6.54 Å². The summed E-state index contributed by atoms with van der Waals surface area (Å²) in [6.07, 6.45) is -7.44. The first-order chi connectivity index (χ1) is 10.6. The monoisotopic (exact) mass is 328 g/mol. The Kier molecular flexibility index (Phi) is 4.46. The second-order valence-electron chi connectivity index (χ2n) is 5.22. The second kappa shape index (κ2) is 6.04. The fourth-order valence-electron chi connectivity index (χ4n) is 2.22. The molecule has 1 aliphatic heterocycles. The number of benzene rings is 1. The number of hydrogen-bond acceptors (Lipinski definition) is 3. The van der Waals surface area contributed by atoms with E-state index in [-0.39, 0.29) is 0 Å². The zero-order valence-electron chi connectivity index (χ0n) is 12.3. The summed E-state index contributed by atoms with van der Waals surface area (Å²) >= 11 is 0. The molecule has 5 nitrogen and oxygen atoms in total. The minimum atomic E-state index is -4.81. The van der Waals surface area contributed by atoms with Gasteiger partial charge in [0.25, 0.3) is 5.91 Å². The van der Waals surface area contributed by atoms with Gasteiger partial charge in [-0.2, -0.15) is 13.2 Å². The van der Waals surface area contributed by atoms with Gasteiger partial charge in [0.2, 0.25) is 5.91 Å². The van der Waals surface area contributed by atoms with Crippen molar-refractivity contribution in [2.45, 2.75) is 12.3 Å². The summed E-state index contributed by atoms with van der Waals surface area (Å²) in [6, 6.07) is 6.65. The summed E-state index contributed by atoms with van der Waals surface area (Å²) in [6.45, 7) is 2.41. The van der Waals surface area contributed by atoms with Gasteiger partial charge in [0, 0.05) is 23.9 Å². The van der Waals surface area contributed by atoms with Crippen LogP contribution in [-0.4, -0.2) is 59.1 Å². The summed E-state index contributed by atoms with van der Waals surface area (Å²) in [4.78, 5) is 26.1. The molecule has 1 aromatic carbocycles. The number of aliphatic hydroxyl groups is 1. The van der Waals surface area contributed by atoms with Gasteiger partial charge < -0.3 is 10.0 Å². The van der Waals surface area contributed by atoms with Crippen LogP contribution in [0.5, 0.6) is 0 Å². The minimum Gasteiger partial charge on any atom is -0.382 e. The Morgan fingerprint density at radius 1 is 1.35 bits per heavy atom. The smallest absolute Gasteiger partial charge is 0.382 e. The third-order valence-corrected chi connectivity index (χ3v) is 3.58. The molecular formula is C15H15F3N2O3. The van der Waals surface area contributed by atoms with E-state index in [9.17, 15) is 22.8 Å². The Labute approximate surface area is 130 Å². The summed E-state index contributed by atoms with van der Waals surface area (Å²) in [5, 5.41) is 8.99. The molecule has 1 unspecified atom stereocenters. The Morgan fingerprint density at radius 3 is 2.43 bits per heavy atom. The lowest BCUT2D eigenvalue weighted by Crippen LogP contribution is -2.45. The highest BCUT2D eigenvalue weighted by Crippen LogP contribution is 2.31. The van der Waals surface area contributed by atoms with Crippen molar-refractivity contribution in [3.05, 3.63) is 42.0 Å². The first-order valence-electron chi connectivity index (χ1n) is 6.72. The Morgan fingerprint density at radius 2 is 1.91 bits per heavy atom. The van der Waals surface area contributed by atoms with Crippen molar-refractivity contribution in [3.63, 3.8) is 0 Å². The number of amides is 2. The van der Waals surface area contributed by atoms with Crippen LogP contribution in [0.25, 0.3) is 5.70 Å². The molecule has 2 amide bonds. The summed E-state index contributed by atoms with van der Waals surface area (Å²) < 4.78 is 36.9. The van der Waals surface area contributed by atoms with Crippen molar-refractivity contribution >= 4 is 17.5 Å². The van der Waals surface area contributed by atoms with Crippen LogP contribution in [0.2, 0.25) is 0 Å². The van der Waals surface area contributed by atoms with Crippen LogP contribution in [0.4, 0.5) is 13.2 Å². The molecule has 124 valence electrons. The molecule has 0 spiro atoms. The zero-order chi connectivity index (χ0) is 17.4. The van der Waals surface area contributed by atoms with Crippen molar-refractivity contribution < 1.29 is 27.9 Å². The molecular weight excluding hydrogens is 313 g/mol. The lowest BCUT2D eigenvalue weighted by Gasteiger charge is -2.25. The Balaban J connectivity index is 2.04. The van der Waals surface area contributed by atoms with E-state index >= 15 is 0 Å². The molecule has 0 aromatic heterocycles. The van der Waals surface area contributed by atoms with E-state index in [4.69, 9.17) is 5.11 Å². The van der Waals surface area contributed by atoms with Gasteiger partial charge in [-0.05, 0) is 6.07 Å². The molecule has 1 aliphatic rings. The van der Waals surface area contributed by atoms with Crippen molar-refractivity contribution in [2.24, 2.45) is 0 Å². The number of carbonyl (C=O) groups is 2. The highest BCUT2D eigenvalue weighted by Gasteiger charge is 2.40. The third-order valence-electron chi connectivity index (χ3n) is 3.58. The van der Waals surface area contributed by atoms with Crippen molar-refractivity contribution in [2.75, 3.05) is 20.1 Å². The molecule has 23 heavy (non-hydrogen) atoms. The number of halogens is 3. The molecule has 0 saturated carbocycles. The minimum absolute atomic E-state index is 0.323. The van der Waals surface area contributed by atoms with E-state index in [0.29, 0.717) is 16.8 Å². The number of aliphatic hydroxyl groups excluding tert-OH is 1. The Bertz CT molecular complexity index is 623. The highest BCUT2D eigenvalue weighted by atomic mass is 19.4. The van der Waals surface area contributed by atoms with E-state index in [2.05, 4.69) is 6.58 Å². The standard InChI is InChI=1S/C15H15F3N2O3/c1-9-10-5-3-4-6-11(10)14(23)20(9)8-13(22)19(2)7-12(21)15(16,17)18/h3-6,12,21H,1,7-8H2,2H3. The predicted octanol–water partition coefficient (Wildman–Crippen LogP) is 1.49. The van der Waals surface area contributed by atoms with Crippen LogP contribution in [0, 0.1) is 0 Å². The van der Waals surface area contributed by atoms with Gasteiger partial charge in [-0.1, -0.05) is 24.8 Å². The number of alkyl halides is 3. The van der Waals surface area contributed by atoms with Gasteiger partial charge >= 0.3 is 6.18 Å². The third kappa shape index (κ3) is 3.37. The first-order valence-corrected chi connectivity index (χ1v) is 6.72. The van der Waals surface area contributed by atoms with Crippen LogP contribution in [0.3, 0.4) is 0 Å². The number of fused-ring (bicyclic) bond motifs is 1. The largest absolute Gasteiger partial charge is 0.416 e. The van der Waals surface area contributed by atoms with Crippen LogP contribution in [-0.2, 0) is 4.79 Å². The van der Waals surface area contributed by atoms with Gasteiger partial charge in [-0.15, -0.1) is 0 Å². The van der Waals surface area contributed by atoms with Crippen molar-refractivity contribution in [1.82, 2.24) is 9.80 Å². The lowest BCUT2D eigenvalue weighted by molar-refractivity contribution is -0.207. The van der Waals surface area contributed by atoms with E-state index < -0.39 is 37.2 Å². The van der Waals surface area contributed by atoms with Crippen LogP contribution in [0.15, 0.2) is 30.8 Å². The molecule has 0 saturated heterocycles. The lowest BCUT2D eigenvalue weighted by atomic mass is 10.1. The van der Waals surface area contributed by atoms with E-state index in [1.165, 1.54) is 0 Å². The molecule has 2 rings (SSSR count). The van der Waals surface area contributed by atoms with Gasteiger partial charge in [0.15, 0.2) is 6.10 Å². The van der Waals surface area contributed by atoms with Crippen molar-refractivity contribution in [3.8, 4) is 0 Å². The maximum atomic E-state index is 12.3. The van der Waals surface area contributed by atoms with E-state index in [1.807, 2.05) is 0 Å². The molecule has 0 fully saturated rings. The quantitative estimate of drug-likeness (QED) is 0.911. The fraction of sp³-hybridized carbons (Fsp3) is 0.333. The summed E-state index contributed by atoms with van der Waals surface area (Å²) in [5.41, 5.74) is 1.30. The predicted molar refractivity (Wildman–Crippen MR) is 76.2 cm³/mol. The molecule has 8 heteroatoms. The molecule has 0 bridgehead atoms. The van der Waals surface area contributed by atoms with Gasteiger partial charge in [-0.3, -0.25) is 14.5 Å². The molecule has 0 aliphatic carbocycles. The number of likely N-dealkylation sites (N-methyl/N-ethyl adjacent to an activating group) is 1. The maximum absolute atomic E-state index is 12.3. The average molecular weight is 328 g/mol. The fourth-order valence-corrected chi connectivity index (χ4v) is 2.22. The maximum Gasteiger partial charge on any atom is 0.416 e. The second-order valence-corrected chi connectivity index (χ2v) is 5.22. The first kappa shape index (κ1) is 17.0. The van der Waals surface area contributed by atoms with Crippen LogP contribution >= 0.6 is 0 Å². The SMILES string of the molecule is C=C1c2ccccc2C(=O)N1CC(=O)N(C)CC(O)C(F)(F)F. The molecule has 1 N–H and O–H groups in total. The van der Waals surface area contributed by atoms with E-state index in [1.54, 1.807) is 24.3 Å². The number of hydrogen-bond donors (Lipinski definition) is 1. The molecule has 0 radical (unpaired) electrons. The van der Waals surface area contributed by atoms with Gasteiger partial charge in [0.1, 0.15) is 6.54 Å². The normalized spacial score (nSPS) is 15.6. The number of nitrogens with zero attached hydrogens (tertiary/aromatic N) is 2. The highest BCUT2D eigenvalue weighted by molar-refractivity contribution is 6.10. The van der Waals surface area contributed by atoms with Crippen LogP contribution < -0.4 is 0 Å². The molecule has 1 heterocycles. The Hall–Kier alpha value is -2.35. The summed E-state index contributed by atoms with van der Waals surface area (Å²) in [7, 11) is 1.13. The summed E-state index contributed by atoms with van der Waals surface area (Å²) in [5.74, 6) is -1.15. The van der Waals surface area contributed by atoms with Crippen molar-refractivity contribution in [1.29, 1.82) is 0 Å².